The van der Waals surface area contributed by atoms with E-state index in [1.807, 2.05) is 18.2 Å². The van der Waals surface area contributed by atoms with Crippen LogP contribution in [0.25, 0.3) is 0 Å². The Kier molecular flexibility index (Phi) is 5.39. The van der Waals surface area contributed by atoms with Gasteiger partial charge >= 0.3 is 6.01 Å². The van der Waals surface area contributed by atoms with Crippen LogP contribution < -0.4 is 14.8 Å². The van der Waals surface area contributed by atoms with Gasteiger partial charge in [-0.15, -0.1) is 0 Å². The lowest BCUT2D eigenvalue weighted by molar-refractivity contribution is 0.210. The number of hydrogen-bond acceptors (Lipinski definition) is 7. The highest BCUT2D eigenvalue weighted by molar-refractivity contribution is 5.43. The molecular formula is C14H19N3O4. The summed E-state index contributed by atoms with van der Waals surface area (Å²) in [6.07, 6.45) is 0.551. The molecule has 0 aliphatic rings. The van der Waals surface area contributed by atoms with Crippen LogP contribution in [-0.4, -0.2) is 44.6 Å². The molecule has 0 atom stereocenters. The quantitative estimate of drug-likeness (QED) is 0.742. The van der Waals surface area contributed by atoms with E-state index in [1.165, 1.54) is 0 Å². The fourth-order valence-electron chi connectivity index (χ4n) is 1.83. The summed E-state index contributed by atoms with van der Waals surface area (Å²) in [6.45, 7) is 1.20. The molecule has 0 aliphatic heterocycles. The molecule has 2 aromatic rings. The third kappa shape index (κ3) is 4.09. The van der Waals surface area contributed by atoms with E-state index < -0.39 is 0 Å². The monoisotopic (exact) mass is 293 g/mol. The number of rotatable bonds is 8. The summed E-state index contributed by atoms with van der Waals surface area (Å²) in [7, 11) is 4.85. The largest absolute Gasteiger partial charge is 0.493 e. The highest BCUT2D eigenvalue weighted by Crippen LogP contribution is 2.28. The summed E-state index contributed by atoms with van der Waals surface area (Å²) in [6, 6.07) is 6.08. The van der Waals surface area contributed by atoms with Crippen molar-refractivity contribution in [1.29, 1.82) is 0 Å². The second-order valence-electron chi connectivity index (χ2n) is 4.30. The lowest BCUT2D eigenvalue weighted by Crippen LogP contribution is -2.07. The van der Waals surface area contributed by atoms with Crippen LogP contribution in [-0.2, 0) is 11.2 Å². The number of nitrogens with one attached hydrogen (secondary N) is 1. The molecule has 2 rings (SSSR count). The molecule has 21 heavy (non-hydrogen) atoms. The standard InChI is InChI=1S/C14H19N3O4/c1-18-7-6-15-14-16-13(17-21-14)9-10-4-5-11(19-2)12(8-10)20-3/h4-5,8H,6-7,9H2,1-3H3,(H,15,16,17). The molecule has 0 unspecified atom stereocenters. The van der Waals surface area contributed by atoms with Gasteiger partial charge in [-0.25, -0.2) is 0 Å². The second kappa shape index (κ2) is 7.49. The van der Waals surface area contributed by atoms with Crippen LogP contribution in [0, 0.1) is 0 Å². The Bertz CT molecular complexity index is 571. The van der Waals surface area contributed by atoms with Crippen molar-refractivity contribution in [1.82, 2.24) is 10.1 Å². The van der Waals surface area contributed by atoms with Crippen molar-refractivity contribution in [3.05, 3.63) is 29.6 Å². The molecule has 0 saturated heterocycles. The Labute approximate surface area is 123 Å². The van der Waals surface area contributed by atoms with E-state index in [-0.39, 0.29) is 0 Å². The molecule has 1 aromatic carbocycles. The first-order valence-corrected chi connectivity index (χ1v) is 6.53. The first-order valence-electron chi connectivity index (χ1n) is 6.53. The number of aromatic nitrogens is 2. The summed E-state index contributed by atoms with van der Waals surface area (Å²) in [5.41, 5.74) is 1.01. The molecule has 0 fully saturated rings. The first kappa shape index (κ1) is 15.1. The van der Waals surface area contributed by atoms with Crippen molar-refractivity contribution < 1.29 is 18.7 Å². The predicted octanol–water partition coefficient (Wildman–Crippen LogP) is 1.74. The molecule has 0 radical (unpaired) electrons. The SMILES string of the molecule is COCCNc1nc(Cc2ccc(OC)c(OC)c2)no1. The number of anilines is 1. The van der Waals surface area contributed by atoms with Gasteiger partial charge in [0.2, 0.25) is 0 Å². The van der Waals surface area contributed by atoms with Gasteiger partial charge in [-0.05, 0) is 17.7 Å². The van der Waals surface area contributed by atoms with E-state index in [0.29, 0.717) is 42.9 Å². The van der Waals surface area contributed by atoms with Gasteiger partial charge in [-0.1, -0.05) is 11.2 Å². The minimum absolute atomic E-state index is 0.391. The van der Waals surface area contributed by atoms with Gasteiger partial charge in [0.1, 0.15) is 0 Å². The zero-order valence-electron chi connectivity index (χ0n) is 12.4. The third-order valence-electron chi connectivity index (χ3n) is 2.86. The molecular weight excluding hydrogens is 274 g/mol. The van der Waals surface area contributed by atoms with Crippen LogP contribution in [0.1, 0.15) is 11.4 Å². The summed E-state index contributed by atoms with van der Waals surface area (Å²) in [4.78, 5) is 4.26. The van der Waals surface area contributed by atoms with Gasteiger partial charge in [0.15, 0.2) is 17.3 Å². The van der Waals surface area contributed by atoms with Crippen LogP contribution in [0.5, 0.6) is 11.5 Å². The van der Waals surface area contributed by atoms with Gasteiger partial charge in [-0.3, -0.25) is 0 Å². The fraction of sp³-hybridized carbons (Fsp3) is 0.429. The molecule has 1 aromatic heterocycles. The topological polar surface area (TPSA) is 78.6 Å². The number of hydrogen-bond donors (Lipinski definition) is 1. The van der Waals surface area contributed by atoms with Gasteiger partial charge in [0.05, 0.1) is 20.8 Å². The van der Waals surface area contributed by atoms with Gasteiger partial charge in [0.25, 0.3) is 0 Å². The van der Waals surface area contributed by atoms with Crippen molar-refractivity contribution in [2.24, 2.45) is 0 Å². The van der Waals surface area contributed by atoms with Crippen molar-refractivity contribution in [2.75, 3.05) is 39.8 Å². The molecule has 0 saturated carbocycles. The highest BCUT2D eigenvalue weighted by Gasteiger charge is 2.09. The summed E-state index contributed by atoms with van der Waals surface area (Å²) < 4.78 is 20.5. The number of ether oxygens (including phenoxy) is 3. The lowest BCUT2D eigenvalue weighted by atomic mass is 10.1. The number of methoxy groups -OCH3 is 3. The van der Waals surface area contributed by atoms with E-state index in [2.05, 4.69) is 15.5 Å². The average Bonchev–Trinajstić information content (AvgIpc) is 2.95. The van der Waals surface area contributed by atoms with Gasteiger partial charge < -0.3 is 24.1 Å². The van der Waals surface area contributed by atoms with E-state index in [0.717, 1.165) is 5.56 Å². The Balaban J connectivity index is 2.01. The van der Waals surface area contributed by atoms with E-state index in [9.17, 15) is 0 Å². The molecule has 0 aliphatic carbocycles. The van der Waals surface area contributed by atoms with Gasteiger partial charge in [0, 0.05) is 20.1 Å². The van der Waals surface area contributed by atoms with Crippen LogP contribution in [0.15, 0.2) is 22.7 Å². The summed E-state index contributed by atoms with van der Waals surface area (Å²) in [5.74, 6) is 1.97. The lowest BCUT2D eigenvalue weighted by Gasteiger charge is -2.08. The summed E-state index contributed by atoms with van der Waals surface area (Å²) in [5, 5.41) is 6.91. The van der Waals surface area contributed by atoms with Crippen LogP contribution in [0.2, 0.25) is 0 Å². The maximum Gasteiger partial charge on any atom is 0.321 e. The number of benzene rings is 1. The molecule has 1 N–H and O–H groups in total. The summed E-state index contributed by atoms with van der Waals surface area (Å²) >= 11 is 0. The number of nitrogens with zero attached hydrogens (tertiary/aromatic N) is 2. The molecule has 1 heterocycles. The maximum absolute atomic E-state index is 5.27. The maximum atomic E-state index is 5.27. The van der Waals surface area contributed by atoms with E-state index in [1.54, 1.807) is 21.3 Å². The fourth-order valence-corrected chi connectivity index (χ4v) is 1.83. The zero-order valence-corrected chi connectivity index (χ0v) is 12.4. The van der Waals surface area contributed by atoms with Crippen molar-refractivity contribution in [3.63, 3.8) is 0 Å². The molecule has 7 nitrogen and oxygen atoms in total. The molecule has 0 bridgehead atoms. The molecule has 114 valence electrons. The van der Waals surface area contributed by atoms with Crippen molar-refractivity contribution in [3.8, 4) is 11.5 Å². The molecule has 0 amide bonds. The van der Waals surface area contributed by atoms with Crippen LogP contribution in [0.4, 0.5) is 6.01 Å². The Hall–Kier alpha value is -2.28. The van der Waals surface area contributed by atoms with Crippen molar-refractivity contribution >= 4 is 6.01 Å². The highest BCUT2D eigenvalue weighted by atomic mass is 16.5. The third-order valence-corrected chi connectivity index (χ3v) is 2.86. The van der Waals surface area contributed by atoms with E-state index >= 15 is 0 Å². The van der Waals surface area contributed by atoms with Crippen molar-refractivity contribution in [2.45, 2.75) is 6.42 Å². The van der Waals surface area contributed by atoms with Crippen LogP contribution in [0.3, 0.4) is 0 Å². The second-order valence-corrected chi connectivity index (χ2v) is 4.30. The zero-order chi connectivity index (χ0) is 15.1. The van der Waals surface area contributed by atoms with Gasteiger partial charge in [-0.2, -0.15) is 4.98 Å². The predicted molar refractivity (Wildman–Crippen MR) is 77.0 cm³/mol. The minimum Gasteiger partial charge on any atom is -0.493 e. The molecule has 0 spiro atoms. The van der Waals surface area contributed by atoms with E-state index in [4.69, 9.17) is 18.7 Å². The Morgan fingerprint density at radius 1 is 1.14 bits per heavy atom. The normalized spacial score (nSPS) is 10.4. The average molecular weight is 293 g/mol. The first-order chi connectivity index (χ1) is 10.3. The van der Waals surface area contributed by atoms with Crippen LogP contribution >= 0.6 is 0 Å². The Morgan fingerprint density at radius 2 is 1.95 bits per heavy atom. The molecule has 7 heteroatoms. The smallest absolute Gasteiger partial charge is 0.321 e. The Morgan fingerprint density at radius 3 is 2.67 bits per heavy atom. The minimum atomic E-state index is 0.391.